The van der Waals surface area contributed by atoms with E-state index >= 15 is 0 Å². The third-order valence-electron chi connectivity index (χ3n) is 0.412. The van der Waals surface area contributed by atoms with E-state index in [2.05, 4.69) is 24.5 Å². The van der Waals surface area contributed by atoms with Crippen LogP contribution in [0.1, 0.15) is 68.7 Å². The van der Waals surface area contributed by atoms with E-state index in [-0.39, 0.29) is 0 Å². The zero-order chi connectivity index (χ0) is 35.7. The Bertz CT molecular complexity index is 271. The maximum absolute atomic E-state index is 9.08. The topological polar surface area (TPSA) is 17.1 Å². The number of rotatable bonds is 4. The molecule has 1 nitrogen and oxygen atoms in total. The molecule has 0 bridgehead atoms. The summed E-state index contributed by atoms with van der Waals surface area (Å²) in [6.07, 6.45) is 5.52. The number of aldehydes is 1. The van der Waals surface area contributed by atoms with Gasteiger partial charge < -0.3 is 0 Å². The zero-order valence-electron chi connectivity index (χ0n) is 22.0. The molecule has 0 aliphatic heterocycles. The summed E-state index contributed by atoms with van der Waals surface area (Å²) in [6, 6.07) is 0. The molecule has 0 aromatic heterocycles. The third kappa shape index (κ3) is 354. The molecule has 0 spiro atoms. The molecule has 21 heteroatoms. The van der Waals surface area contributed by atoms with Gasteiger partial charge in [-0.15, -0.1) is 0 Å². The van der Waals surface area contributed by atoms with Gasteiger partial charge in [-0.25, -0.2) is 0 Å². The van der Waals surface area contributed by atoms with Crippen molar-refractivity contribution in [3.05, 3.63) is 12.2 Å². The molecule has 38 heavy (non-hydrogen) atoms. The SMILES string of the molecule is CC.CC.CC.CC.CC[C-]=[W].O=C[C-]=[W].[W]=[C-]/C=C/[C-]=[W].[W]=[W].[W]=[W].[W]=[W].[W]=[W].[W]=[W].[W]=[W].[W]=[W].[W]=[W]. The summed E-state index contributed by atoms with van der Waals surface area (Å²) >= 11 is 31.9. The van der Waals surface area contributed by atoms with Crippen LogP contribution in [-0.2, 0) is 342 Å². The van der Waals surface area contributed by atoms with Gasteiger partial charge in [0.25, 0.3) is 0 Å². The Morgan fingerprint density at radius 2 is 0.526 bits per heavy atom. The van der Waals surface area contributed by atoms with Crippen LogP contribution >= 0.6 is 0 Å². The van der Waals surface area contributed by atoms with Crippen LogP contribution in [-0.4, -0.2) is 23.9 Å². The molecular formula is C17H32OW20-4. The molecule has 0 aromatic rings. The van der Waals surface area contributed by atoms with Gasteiger partial charge in [-0.1, -0.05) is 55.4 Å². The molecule has 0 fully saturated rings. The monoisotopic (exact) mass is 3930 g/mol. The molecule has 0 aliphatic carbocycles. The molecular weight excluding hydrogens is 3900 g/mol. The predicted octanol–water partition coefficient (Wildman–Crippen LogP) is 4.09. The Hall–Kier alpha value is 12.7. The summed E-state index contributed by atoms with van der Waals surface area (Å²) in [4.78, 5) is 9.08. The Morgan fingerprint density at radius 3 is 0.553 bits per heavy atom. The second-order valence-electron chi connectivity index (χ2n) is 1.30. The van der Waals surface area contributed by atoms with Gasteiger partial charge in [0.2, 0.25) is 0 Å². The zero-order valence-corrected chi connectivity index (χ0v) is 80.7. The van der Waals surface area contributed by atoms with Crippen LogP contribution in [0.25, 0.3) is 0 Å². The Kier molecular flexibility index (Phi) is 712. The fourth-order valence-corrected chi connectivity index (χ4v) is 0.557. The summed E-state index contributed by atoms with van der Waals surface area (Å²) in [7, 11) is 0. The van der Waals surface area contributed by atoms with Crippen LogP contribution in [0.5, 0.6) is 0 Å². The Labute approximate surface area is 433 Å². The molecule has 0 radical (unpaired) electrons. The van der Waals surface area contributed by atoms with Crippen LogP contribution in [0.2, 0.25) is 0 Å². The molecule has 0 unspecified atom stereocenters. The fourth-order valence-electron chi connectivity index (χ4n) is 0.0680. The maximum atomic E-state index is 9.08. The first-order chi connectivity index (χ1) is 18.7. The number of carbonyl (C=O) groups is 1. The summed E-state index contributed by atoms with van der Waals surface area (Å²) in [6.45, 7) is 18.1. The first-order valence-electron chi connectivity index (χ1n) is 8.65. The molecule has 230 valence electrons. The van der Waals surface area contributed by atoms with E-state index in [1.165, 1.54) is 58.1 Å². The first-order valence-corrected chi connectivity index (χ1v) is 103. The molecule has 0 saturated carbocycles. The fraction of sp³-hybridized carbons (Fsp3) is 0.588. The minimum absolute atomic E-state index is 0.662. The second kappa shape index (κ2) is 276. The van der Waals surface area contributed by atoms with Crippen LogP contribution in [0, 0.1) is 0 Å². The van der Waals surface area contributed by atoms with Crippen LogP contribution in [0.3, 0.4) is 0 Å². The first kappa shape index (κ1) is 98.2. The number of hydrogen-bond donors (Lipinski definition) is 0. The summed E-state index contributed by atoms with van der Waals surface area (Å²) in [5, 5.41) is 0. The average Bonchev–Trinajstić information content (AvgIpc) is 3.11. The molecule has 0 N–H and O–H groups in total. The van der Waals surface area contributed by atoms with Gasteiger partial charge in [0.05, 0.1) is 0 Å². The molecule has 0 heterocycles. The van der Waals surface area contributed by atoms with Gasteiger partial charge in [0, 0.05) is 0 Å². The van der Waals surface area contributed by atoms with Crippen molar-refractivity contribution in [1.82, 2.24) is 0 Å². The van der Waals surface area contributed by atoms with Crippen LogP contribution in [0.15, 0.2) is 12.2 Å². The van der Waals surface area contributed by atoms with Gasteiger partial charge in [0.1, 0.15) is 0 Å². The number of carbonyl (C=O) groups excluding carboxylic acids is 1. The summed E-state index contributed by atoms with van der Waals surface area (Å²) in [5.41, 5.74) is 0. The van der Waals surface area contributed by atoms with Gasteiger partial charge in [0.15, 0.2) is 0 Å². The second-order valence-corrected chi connectivity index (χ2v) is 4.88. The van der Waals surface area contributed by atoms with Crippen molar-refractivity contribution < 1.29 is 342 Å². The normalized spacial score (nSPS) is 4.03. The van der Waals surface area contributed by atoms with Gasteiger partial charge in [-0.05, 0) is 0 Å². The molecule has 0 aliphatic rings. The minimum atomic E-state index is 0.662. The van der Waals surface area contributed by atoms with Crippen LogP contribution < -0.4 is 0 Å². The van der Waals surface area contributed by atoms with Gasteiger partial charge >= 0.3 is 391 Å². The average molecular weight is 3930 g/mol. The quantitative estimate of drug-likeness (QED) is 0.307. The van der Waals surface area contributed by atoms with Crippen molar-refractivity contribution >= 4 is 23.9 Å². The van der Waals surface area contributed by atoms with E-state index in [0.717, 1.165) is 25.8 Å². The molecule has 0 rings (SSSR count). The standard InChI is InChI=1S/C4H2.C3H5.C2HO.4C2H6.20W/c1-3-4-2;1-3-2;1-2-3;4*1-2;;;;;;;;;;;;;;;;;;;;/h3-4H;3H2,1H3;2H;4*1-2H3;;;;;;;;;;;;;;;;;;;;/q-2;2*-1;;;;;;;;;;;;;;;;;;;;;;;;/b4-3+;;;;;;;;;;;;;;;;;;;;;;;;;;. The van der Waals surface area contributed by atoms with Gasteiger partial charge in [-0.3, -0.25) is 0 Å². The van der Waals surface area contributed by atoms with Crippen molar-refractivity contribution in [2.24, 2.45) is 0 Å². The molecule has 0 aromatic carbocycles. The summed E-state index contributed by atoms with van der Waals surface area (Å²) in [5.74, 6) is 0. The Balaban J connectivity index is -0.0000000118. The Morgan fingerprint density at radius 1 is 0.421 bits per heavy atom. The van der Waals surface area contributed by atoms with Crippen molar-refractivity contribution in [2.45, 2.75) is 68.7 Å². The molecule has 0 amide bonds. The van der Waals surface area contributed by atoms with E-state index in [1.807, 2.05) is 67.5 Å². The predicted molar refractivity (Wildman–Crippen MR) is 90.9 cm³/mol. The van der Waals surface area contributed by atoms with Crippen molar-refractivity contribution in [2.75, 3.05) is 0 Å². The van der Waals surface area contributed by atoms with Gasteiger partial charge in [-0.2, -0.15) is 0 Å². The van der Waals surface area contributed by atoms with E-state index in [1.54, 1.807) is 260 Å². The van der Waals surface area contributed by atoms with Crippen molar-refractivity contribution in [3.8, 4) is 0 Å². The molecule has 0 atom stereocenters. The van der Waals surface area contributed by atoms with E-state index in [0.29, 0.717) is 6.29 Å². The van der Waals surface area contributed by atoms with E-state index in [9.17, 15) is 0 Å². The van der Waals surface area contributed by atoms with E-state index < -0.39 is 0 Å². The third-order valence-corrected chi connectivity index (χ3v) is 2.77. The molecule has 0 saturated heterocycles. The number of allylic oxidation sites excluding steroid dienone is 2. The van der Waals surface area contributed by atoms with E-state index in [4.69, 9.17) is 4.79 Å². The van der Waals surface area contributed by atoms with Crippen molar-refractivity contribution in [1.29, 1.82) is 0 Å². The number of hydrogen-bond acceptors (Lipinski definition) is 1. The van der Waals surface area contributed by atoms with Crippen LogP contribution in [0.4, 0.5) is 0 Å². The summed E-state index contributed by atoms with van der Waals surface area (Å²) < 4.78 is 11.2. The van der Waals surface area contributed by atoms with Crippen molar-refractivity contribution in [3.63, 3.8) is 0 Å².